The summed E-state index contributed by atoms with van der Waals surface area (Å²) in [5, 5.41) is 11.3. The van der Waals surface area contributed by atoms with Gasteiger partial charge in [-0.05, 0) is 34.5 Å². The third-order valence-corrected chi connectivity index (χ3v) is 3.08. The molecule has 8 heteroatoms. The fourth-order valence-corrected chi connectivity index (χ4v) is 1.84. The highest BCUT2D eigenvalue weighted by molar-refractivity contribution is 9.10. The first-order valence-corrected chi connectivity index (χ1v) is 6.46. The molecule has 0 aromatic carbocycles. The van der Waals surface area contributed by atoms with Crippen LogP contribution in [-0.4, -0.2) is 41.1 Å². The predicted octanol–water partition coefficient (Wildman–Crippen LogP) is 0.980. The fourth-order valence-electron chi connectivity index (χ4n) is 1.40. The molecular formula is C12H13BrN2O5. The second-order valence-electron chi connectivity index (χ2n) is 3.81. The van der Waals surface area contributed by atoms with Gasteiger partial charge in [-0.15, -0.1) is 0 Å². The molecule has 2 N–H and O–H groups in total. The Bertz CT molecular complexity index is 520. The van der Waals surface area contributed by atoms with Gasteiger partial charge >= 0.3 is 11.9 Å². The van der Waals surface area contributed by atoms with Gasteiger partial charge in [-0.3, -0.25) is 9.59 Å². The van der Waals surface area contributed by atoms with Crippen LogP contribution in [-0.2, 0) is 14.3 Å². The van der Waals surface area contributed by atoms with Crippen molar-refractivity contribution in [3.8, 4) is 0 Å². The zero-order valence-corrected chi connectivity index (χ0v) is 12.2. The van der Waals surface area contributed by atoms with Gasteiger partial charge in [0.1, 0.15) is 11.7 Å². The molecule has 1 aromatic heterocycles. The number of carboxylic acid groups (broad SMARTS) is 1. The zero-order chi connectivity index (χ0) is 15.1. The summed E-state index contributed by atoms with van der Waals surface area (Å²) in [4.78, 5) is 37.8. The van der Waals surface area contributed by atoms with Gasteiger partial charge in [-0.25, -0.2) is 9.78 Å². The first kappa shape index (κ1) is 16.1. The summed E-state index contributed by atoms with van der Waals surface area (Å²) in [6.07, 6.45) is 1.26. The summed E-state index contributed by atoms with van der Waals surface area (Å²) in [5.41, 5.74) is 0.0804. The van der Waals surface area contributed by atoms with E-state index in [1.807, 2.05) is 0 Å². The van der Waals surface area contributed by atoms with Gasteiger partial charge in [0.15, 0.2) is 0 Å². The molecule has 1 atom stereocenters. The van der Waals surface area contributed by atoms with Gasteiger partial charge in [0.2, 0.25) is 0 Å². The molecule has 0 saturated heterocycles. The maximum atomic E-state index is 11.9. The van der Waals surface area contributed by atoms with E-state index in [1.165, 1.54) is 13.3 Å². The number of rotatable bonds is 6. The number of hydrogen-bond acceptors (Lipinski definition) is 5. The van der Waals surface area contributed by atoms with Crippen LogP contribution in [0.4, 0.5) is 0 Å². The van der Waals surface area contributed by atoms with Gasteiger partial charge in [-0.2, -0.15) is 0 Å². The summed E-state index contributed by atoms with van der Waals surface area (Å²) in [7, 11) is 1.21. The Morgan fingerprint density at radius 2 is 2.20 bits per heavy atom. The summed E-state index contributed by atoms with van der Waals surface area (Å²) in [6, 6.07) is 2.06. The highest BCUT2D eigenvalue weighted by Crippen LogP contribution is 2.13. The maximum Gasteiger partial charge on any atom is 0.326 e. The van der Waals surface area contributed by atoms with Crippen LogP contribution < -0.4 is 5.32 Å². The van der Waals surface area contributed by atoms with Crippen molar-refractivity contribution in [3.63, 3.8) is 0 Å². The number of methoxy groups -OCH3 is 1. The van der Waals surface area contributed by atoms with Gasteiger partial charge in [0.25, 0.3) is 5.91 Å². The van der Waals surface area contributed by atoms with E-state index in [4.69, 9.17) is 5.11 Å². The number of aliphatic carboxylic acids is 1. The van der Waals surface area contributed by atoms with E-state index in [1.54, 1.807) is 12.1 Å². The van der Waals surface area contributed by atoms with Crippen molar-refractivity contribution in [2.75, 3.05) is 7.11 Å². The fraction of sp³-hybridized carbons (Fsp3) is 0.333. The topological polar surface area (TPSA) is 106 Å². The van der Waals surface area contributed by atoms with Crippen molar-refractivity contribution >= 4 is 33.8 Å². The summed E-state index contributed by atoms with van der Waals surface area (Å²) in [5.74, 6) is -2.39. The van der Waals surface area contributed by atoms with Crippen molar-refractivity contribution in [2.24, 2.45) is 0 Å². The number of pyridine rings is 1. The molecule has 0 aliphatic rings. The van der Waals surface area contributed by atoms with Crippen LogP contribution in [0.5, 0.6) is 0 Å². The van der Waals surface area contributed by atoms with E-state index in [0.717, 1.165) is 0 Å². The molecule has 1 rings (SSSR count). The van der Waals surface area contributed by atoms with Gasteiger partial charge in [0.05, 0.1) is 7.11 Å². The molecule has 0 fully saturated rings. The lowest BCUT2D eigenvalue weighted by atomic mass is 10.1. The number of carbonyl (C=O) groups excluding carboxylic acids is 2. The molecule has 0 bridgehead atoms. The SMILES string of the molecule is COC(=O)CC[C@H](NC(=O)c1ncccc1Br)C(=O)O. The number of nitrogens with zero attached hydrogens (tertiary/aromatic N) is 1. The highest BCUT2D eigenvalue weighted by atomic mass is 79.9. The number of aromatic nitrogens is 1. The summed E-state index contributed by atoms with van der Waals surface area (Å²) < 4.78 is 4.88. The molecule has 7 nitrogen and oxygen atoms in total. The van der Waals surface area contributed by atoms with Crippen LogP contribution in [0.25, 0.3) is 0 Å². The Balaban J connectivity index is 2.71. The summed E-state index contributed by atoms with van der Waals surface area (Å²) in [6.45, 7) is 0. The van der Waals surface area contributed by atoms with Gasteiger partial charge < -0.3 is 15.2 Å². The van der Waals surface area contributed by atoms with Crippen molar-refractivity contribution in [3.05, 3.63) is 28.5 Å². The first-order valence-electron chi connectivity index (χ1n) is 5.66. The van der Waals surface area contributed by atoms with Crippen molar-refractivity contribution in [1.29, 1.82) is 0 Å². The lowest BCUT2D eigenvalue weighted by Gasteiger charge is -2.14. The minimum absolute atomic E-state index is 0.0573. The predicted molar refractivity (Wildman–Crippen MR) is 72.1 cm³/mol. The monoisotopic (exact) mass is 344 g/mol. The van der Waals surface area contributed by atoms with E-state index < -0.39 is 23.9 Å². The van der Waals surface area contributed by atoms with Gasteiger partial charge in [-0.1, -0.05) is 0 Å². The van der Waals surface area contributed by atoms with E-state index in [2.05, 4.69) is 31.0 Å². The molecule has 0 spiro atoms. The quantitative estimate of drug-likeness (QED) is 0.745. The Morgan fingerprint density at radius 3 is 2.75 bits per heavy atom. The van der Waals surface area contributed by atoms with Crippen LogP contribution in [0.2, 0.25) is 0 Å². The Labute approximate surface area is 123 Å². The third-order valence-electron chi connectivity index (χ3n) is 2.44. The molecule has 1 heterocycles. The number of carbonyl (C=O) groups is 3. The third kappa shape index (κ3) is 4.61. The number of nitrogens with one attached hydrogen (secondary N) is 1. The number of halogens is 1. The maximum absolute atomic E-state index is 11.9. The van der Waals surface area contributed by atoms with E-state index >= 15 is 0 Å². The largest absolute Gasteiger partial charge is 0.480 e. The molecule has 1 aromatic rings. The van der Waals surface area contributed by atoms with Crippen LogP contribution in [0, 0.1) is 0 Å². The lowest BCUT2D eigenvalue weighted by molar-refractivity contribution is -0.142. The Morgan fingerprint density at radius 1 is 1.50 bits per heavy atom. The minimum Gasteiger partial charge on any atom is -0.480 e. The number of esters is 1. The van der Waals surface area contributed by atoms with Crippen molar-refractivity contribution in [1.82, 2.24) is 10.3 Å². The standard InChI is InChI=1S/C12H13BrN2O5/c1-20-9(16)5-4-8(12(18)19)15-11(17)10-7(13)3-2-6-14-10/h2-3,6,8H,4-5H2,1H3,(H,15,17)(H,18,19)/t8-/m0/s1. The van der Waals surface area contributed by atoms with Crippen LogP contribution in [0.15, 0.2) is 22.8 Å². The number of ether oxygens (including phenoxy) is 1. The number of amides is 1. The van der Waals surface area contributed by atoms with Crippen molar-refractivity contribution in [2.45, 2.75) is 18.9 Å². The normalized spacial score (nSPS) is 11.5. The van der Waals surface area contributed by atoms with Crippen LogP contribution >= 0.6 is 15.9 Å². The molecule has 0 aliphatic carbocycles. The van der Waals surface area contributed by atoms with Crippen LogP contribution in [0.3, 0.4) is 0 Å². The molecule has 108 valence electrons. The second-order valence-corrected chi connectivity index (χ2v) is 4.67. The van der Waals surface area contributed by atoms with Gasteiger partial charge in [0, 0.05) is 17.1 Å². The minimum atomic E-state index is -1.23. The van der Waals surface area contributed by atoms with Crippen LogP contribution in [0.1, 0.15) is 23.3 Å². The molecule has 0 aliphatic heterocycles. The van der Waals surface area contributed by atoms with E-state index in [0.29, 0.717) is 4.47 Å². The Kier molecular flexibility index (Phi) is 6.10. The molecule has 1 amide bonds. The first-order chi connectivity index (χ1) is 9.45. The van der Waals surface area contributed by atoms with E-state index in [-0.39, 0.29) is 18.5 Å². The summed E-state index contributed by atoms with van der Waals surface area (Å²) >= 11 is 3.15. The highest BCUT2D eigenvalue weighted by Gasteiger charge is 2.23. The van der Waals surface area contributed by atoms with Crippen molar-refractivity contribution < 1.29 is 24.2 Å². The van der Waals surface area contributed by atoms with E-state index in [9.17, 15) is 14.4 Å². The number of carboxylic acids is 1. The smallest absolute Gasteiger partial charge is 0.326 e. The number of hydrogen-bond donors (Lipinski definition) is 2. The lowest BCUT2D eigenvalue weighted by Crippen LogP contribution is -2.41. The second kappa shape index (κ2) is 7.59. The molecular weight excluding hydrogens is 332 g/mol. The zero-order valence-electron chi connectivity index (χ0n) is 10.6. The molecule has 0 saturated carbocycles. The molecule has 0 unspecified atom stereocenters. The average molecular weight is 345 g/mol. The Hall–Kier alpha value is -1.96. The molecule has 20 heavy (non-hydrogen) atoms. The molecule has 0 radical (unpaired) electrons. The average Bonchev–Trinajstić information content (AvgIpc) is 2.42.